The lowest BCUT2D eigenvalue weighted by atomic mass is 10.0. The van der Waals surface area contributed by atoms with Gasteiger partial charge in [0.15, 0.2) is 5.78 Å². The average molecular weight is 669 g/mol. The molecule has 4 N–H and O–H groups in total. The Bertz CT molecular complexity index is 653. The lowest BCUT2D eigenvalue weighted by Gasteiger charge is -2.25. The van der Waals surface area contributed by atoms with E-state index in [0.29, 0.717) is 32.2 Å². The summed E-state index contributed by atoms with van der Waals surface area (Å²) < 4.78 is 11.2. The summed E-state index contributed by atoms with van der Waals surface area (Å²) in [5, 5.41) is 2.73. The number of unbranched alkanes of at least 4 members (excludes halogenated alkanes) is 16. The number of nitrogens with one attached hydrogen (secondary N) is 1. The highest BCUT2D eigenvalue weighted by atomic mass is 35.5. The van der Waals surface area contributed by atoms with Gasteiger partial charge < -0.3 is 45.3 Å². The molecule has 0 radical (unpaired) electrons. The number of esters is 2. The summed E-state index contributed by atoms with van der Waals surface area (Å²) in [7, 11) is 0. The molecule has 0 saturated heterocycles. The van der Waals surface area contributed by atoms with E-state index in [4.69, 9.17) is 9.47 Å². The second-order valence-electron chi connectivity index (χ2n) is 11.7. The summed E-state index contributed by atoms with van der Waals surface area (Å²) in [6.07, 6.45) is 18.4. The number of amides is 1. The van der Waals surface area contributed by atoms with Crippen molar-refractivity contribution >= 4 is 23.6 Å². The van der Waals surface area contributed by atoms with Crippen molar-refractivity contribution in [3.8, 4) is 0 Å². The summed E-state index contributed by atoms with van der Waals surface area (Å²) in [6, 6.07) is 0. The fourth-order valence-corrected chi connectivity index (χ4v) is 4.88. The van der Waals surface area contributed by atoms with Crippen LogP contribution in [0.1, 0.15) is 168 Å². The largest absolute Gasteiger partial charge is 1.00 e. The van der Waals surface area contributed by atoms with Crippen LogP contribution in [-0.4, -0.2) is 48.9 Å². The van der Waals surface area contributed by atoms with Gasteiger partial charge in [0.05, 0.1) is 6.54 Å². The van der Waals surface area contributed by atoms with Gasteiger partial charge in [-0.2, -0.15) is 0 Å². The van der Waals surface area contributed by atoms with Crippen LogP contribution in [0.3, 0.4) is 0 Å². The van der Waals surface area contributed by atoms with E-state index in [1.54, 1.807) is 0 Å². The fourth-order valence-electron chi connectivity index (χ4n) is 4.88. The fraction of sp³-hybridized carbons (Fsp3) is 0.882. The number of ether oxygens (including phenoxy) is 2. The van der Waals surface area contributed by atoms with E-state index < -0.39 is 30.1 Å². The Morgan fingerprint density at radius 3 is 1.36 bits per heavy atom. The minimum Gasteiger partial charge on any atom is -1.00 e. The maximum Gasteiger partial charge on any atom is 0.306 e. The van der Waals surface area contributed by atoms with Crippen molar-refractivity contribution in [3.05, 3.63) is 0 Å². The van der Waals surface area contributed by atoms with E-state index in [0.717, 1.165) is 51.5 Å². The molecule has 0 fully saturated rings. The third-order valence-electron chi connectivity index (χ3n) is 7.56. The molecule has 44 heavy (non-hydrogen) atoms. The summed E-state index contributed by atoms with van der Waals surface area (Å²) in [4.78, 5) is 51.7. The van der Waals surface area contributed by atoms with Crippen molar-refractivity contribution in [2.24, 2.45) is 0 Å². The van der Waals surface area contributed by atoms with Gasteiger partial charge in [-0.05, 0) is 38.5 Å². The Hall–Kier alpha value is -1.38. The highest BCUT2D eigenvalue weighted by Gasteiger charge is 2.39. The van der Waals surface area contributed by atoms with E-state index in [1.165, 1.54) is 57.8 Å². The van der Waals surface area contributed by atoms with Gasteiger partial charge in [-0.25, -0.2) is 0 Å². The van der Waals surface area contributed by atoms with Crippen LogP contribution in [0.5, 0.6) is 0 Å². The lowest BCUT2D eigenvalue weighted by molar-refractivity contribution is -0.368. The van der Waals surface area contributed by atoms with Gasteiger partial charge in [-0.3, -0.25) is 19.2 Å². The quantitative estimate of drug-likeness (QED) is 0.0861. The highest BCUT2D eigenvalue weighted by molar-refractivity contribution is 5.94. The molecule has 1 amide bonds. The van der Waals surface area contributed by atoms with E-state index in [-0.39, 0.29) is 49.9 Å². The Labute approximate surface area is 281 Å². The minimum atomic E-state index is -1.46. The number of Topliss-reactive ketones (excluding diaryl/α,β-unsaturated/α-hetero) is 1. The second kappa shape index (κ2) is 34.5. The molecule has 0 heterocycles. The van der Waals surface area contributed by atoms with Crippen LogP contribution < -0.4 is 35.9 Å². The molecule has 0 rings (SSSR count). The van der Waals surface area contributed by atoms with Crippen molar-refractivity contribution in [2.75, 3.05) is 13.1 Å². The third-order valence-corrected chi connectivity index (χ3v) is 7.56. The number of hydrogen-bond acceptors (Lipinski definition) is 6. The molecule has 0 aromatic rings. The van der Waals surface area contributed by atoms with Crippen molar-refractivity contribution in [2.45, 2.75) is 181 Å². The molecule has 0 aromatic carbocycles. The molecule has 0 saturated carbocycles. The summed E-state index contributed by atoms with van der Waals surface area (Å²) in [6.45, 7) is 7.46. The predicted octanol–water partition coefficient (Wildman–Crippen LogP) is 0.777. The minimum absolute atomic E-state index is 0. The monoisotopic (exact) mass is 667 g/mol. The van der Waals surface area contributed by atoms with Gasteiger partial charge in [-0.15, -0.1) is 0 Å². The smallest absolute Gasteiger partial charge is 0.306 e. The zero-order valence-corrected chi connectivity index (χ0v) is 29.8. The van der Waals surface area contributed by atoms with Crippen LogP contribution in [0.2, 0.25) is 0 Å². The van der Waals surface area contributed by atoms with Gasteiger partial charge in [0.25, 0.3) is 5.91 Å². The maximum atomic E-state index is 13.1. The van der Waals surface area contributed by atoms with Gasteiger partial charge in [0.2, 0.25) is 12.2 Å². The molecular weight excluding hydrogens is 603 g/mol. The van der Waals surface area contributed by atoms with E-state index in [9.17, 15) is 19.2 Å². The zero-order valence-electron chi connectivity index (χ0n) is 28.2. The molecule has 0 unspecified atom stereocenters. The van der Waals surface area contributed by atoms with Gasteiger partial charge in [-0.1, -0.05) is 111 Å². The molecule has 0 spiro atoms. The van der Waals surface area contributed by atoms with Crippen molar-refractivity contribution < 1.29 is 59.2 Å². The number of hydrogen-bond donors (Lipinski definition) is 2. The summed E-state index contributed by atoms with van der Waals surface area (Å²) >= 11 is 0. The Kier molecular flexibility index (Phi) is 36.9. The van der Waals surface area contributed by atoms with E-state index in [2.05, 4.69) is 18.0 Å². The molecule has 0 bridgehead atoms. The number of rotatable bonds is 30. The molecule has 8 nitrogen and oxygen atoms in total. The third kappa shape index (κ3) is 27.0. The number of carbonyl (C=O) groups excluding carboxylic acids is 4. The molecular formula is C34H65Cl2N2O6-. The van der Waals surface area contributed by atoms with E-state index in [1.807, 2.05) is 13.8 Å². The zero-order chi connectivity index (χ0) is 31.3. The first kappa shape index (κ1) is 47.0. The molecule has 2 atom stereocenters. The van der Waals surface area contributed by atoms with Gasteiger partial charge in [0.1, 0.15) is 0 Å². The number of halogens is 2. The van der Waals surface area contributed by atoms with Crippen LogP contribution in [0.15, 0.2) is 0 Å². The SMILES string of the molecule is CCCCCCCCCCCC(=O)O[C@@H](C(=O)NCCC)[C@@H](OC(=O)CCCCCCCCCC[NH3+])C(=O)CCCC.[Cl-].[Cl-]. The number of ketones is 1. The molecule has 0 aliphatic carbocycles. The predicted molar refractivity (Wildman–Crippen MR) is 169 cm³/mol. The number of carbonyl (C=O) groups is 4. The Balaban J connectivity index is -0.00000840. The van der Waals surface area contributed by atoms with Crippen LogP contribution in [0.25, 0.3) is 0 Å². The Morgan fingerprint density at radius 1 is 0.523 bits per heavy atom. The van der Waals surface area contributed by atoms with Crippen molar-refractivity contribution in [1.29, 1.82) is 0 Å². The van der Waals surface area contributed by atoms with Crippen molar-refractivity contribution in [3.63, 3.8) is 0 Å². The van der Waals surface area contributed by atoms with Crippen molar-refractivity contribution in [1.82, 2.24) is 5.32 Å². The van der Waals surface area contributed by atoms with Crippen LogP contribution in [0.4, 0.5) is 0 Å². The van der Waals surface area contributed by atoms with Gasteiger partial charge in [0, 0.05) is 25.8 Å². The molecule has 10 heteroatoms. The highest BCUT2D eigenvalue weighted by Crippen LogP contribution is 2.17. The first-order chi connectivity index (χ1) is 20.4. The summed E-state index contributed by atoms with van der Waals surface area (Å²) in [5.41, 5.74) is 3.87. The lowest BCUT2D eigenvalue weighted by Crippen LogP contribution is -3.00. The average Bonchev–Trinajstić information content (AvgIpc) is 2.98. The molecule has 0 aliphatic rings. The van der Waals surface area contributed by atoms with Crippen LogP contribution in [-0.2, 0) is 28.7 Å². The first-order valence-electron chi connectivity index (χ1n) is 17.4. The van der Waals surface area contributed by atoms with E-state index >= 15 is 0 Å². The number of quaternary nitrogens is 1. The van der Waals surface area contributed by atoms with Gasteiger partial charge >= 0.3 is 11.9 Å². The first-order valence-corrected chi connectivity index (χ1v) is 17.4. The maximum absolute atomic E-state index is 13.1. The van der Waals surface area contributed by atoms with Crippen LogP contribution >= 0.6 is 0 Å². The second-order valence-corrected chi connectivity index (χ2v) is 11.7. The normalized spacial score (nSPS) is 11.9. The Morgan fingerprint density at radius 2 is 0.932 bits per heavy atom. The molecule has 0 aromatic heterocycles. The summed E-state index contributed by atoms with van der Waals surface area (Å²) in [5.74, 6) is -2.02. The molecule has 262 valence electrons. The van der Waals surface area contributed by atoms with Crippen LogP contribution in [0, 0.1) is 0 Å². The molecule has 0 aliphatic heterocycles. The standard InChI is InChI=1S/C34H64N2O6.2ClH/c1-4-7-9-10-11-12-15-19-22-26-31(39)42-33(34(40)36-28-6-3)32(29(37)24-8-5-2)41-30(38)25-21-18-16-13-14-17-20-23-27-35;;/h32-33H,4-28,35H2,1-3H3,(H,36,40);2*1H/p-1/t32-,33+;;/m0../s1. The topological polar surface area (TPSA) is 126 Å².